The van der Waals surface area contributed by atoms with Crippen LogP contribution in [0.3, 0.4) is 0 Å². The van der Waals surface area contributed by atoms with Gasteiger partial charge in [-0.25, -0.2) is 4.98 Å². The number of fused-ring (bicyclic) bond motifs is 1. The molecule has 18 heavy (non-hydrogen) atoms. The summed E-state index contributed by atoms with van der Waals surface area (Å²) in [5, 5.41) is 0. The normalized spacial score (nSPS) is 18.7. The van der Waals surface area contributed by atoms with Crippen LogP contribution in [0.5, 0.6) is 0 Å². The Kier molecular flexibility index (Phi) is 2.62. The van der Waals surface area contributed by atoms with E-state index in [1.165, 1.54) is 12.0 Å². The molecule has 0 radical (unpaired) electrons. The number of benzene rings is 1. The van der Waals surface area contributed by atoms with Crippen molar-refractivity contribution in [3.63, 3.8) is 0 Å². The Morgan fingerprint density at radius 2 is 2.11 bits per heavy atom. The molecule has 0 aliphatic carbocycles. The summed E-state index contributed by atoms with van der Waals surface area (Å²) in [4.78, 5) is 4.77. The van der Waals surface area contributed by atoms with Crippen LogP contribution in [0, 0.1) is 12.8 Å². The van der Waals surface area contributed by atoms with Gasteiger partial charge in [0.2, 0.25) is 0 Å². The van der Waals surface area contributed by atoms with Gasteiger partial charge >= 0.3 is 0 Å². The van der Waals surface area contributed by atoms with Crippen LogP contribution >= 0.6 is 0 Å². The molecule has 2 heterocycles. The molecule has 0 saturated carbocycles. The van der Waals surface area contributed by atoms with E-state index in [9.17, 15) is 0 Å². The zero-order valence-corrected chi connectivity index (χ0v) is 11.0. The van der Waals surface area contributed by atoms with Gasteiger partial charge < -0.3 is 10.3 Å². The Morgan fingerprint density at radius 3 is 2.89 bits per heavy atom. The third-order valence-corrected chi connectivity index (χ3v) is 3.86. The van der Waals surface area contributed by atoms with E-state index >= 15 is 0 Å². The number of nitrogen functional groups attached to an aromatic ring is 1. The molecule has 1 aromatic heterocycles. The van der Waals surface area contributed by atoms with Gasteiger partial charge in [-0.3, -0.25) is 0 Å². The number of aryl methyl sites for hydroxylation is 1. The molecule has 1 aromatic carbocycles. The Morgan fingerprint density at radius 1 is 1.33 bits per heavy atom. The van der Waals surface area contributed by atoms with Gasteiger partial charge in [-0.05, 0) is 24.8 Å². The van der Waals surface area contributed by atoms with E-state index in [-0.39, 0.29) is 0 Å². The van der Waals surface area contributed by atoms with Gasteiger partial charge in [0.15, 0.2) is 0 Å². The number of aromatic nitrogens is 2. The second kappa shape index (κ2) is 4.16. The standard InChI is InChI=1S/C15H19N3/c1-10-7-8-18-13(9-10)17-14(15(18)16)12-6-4-3-5-11(12)2/h3-6,10H,7-9,16H2,1-2H3. The van der Waals surface area contributed by atoms with Crippen molar-refractivity contribution in [1.82, 2.24) is 9.55 Å². The minimum absolute atomic E-state index is 0.712. The molecule has 94 valence electrons. The van der Waals surface area contributed by atoms with Gasteiger partial charge in [-0.15, -0.1) is 0 Å². The van der Waals surface area contributed by atoms with Crippen LogP contribution in [0.1, 0.15) is 24.7 Å². The van der Waals surface area contributed by atoms with Crippen molar-refractivity contribution in [3.05, 3.63) is 35.7 Å². The van der Waals surface area contributed by atoms with Crippen molar-refractivity contribution in [2.75, 3.05) is 5.73 Å². The molecule has 0 saturated heterocycles. The van der Waals surface area contributed by atoms with E-state index in [1.807, 2.05) is 12.1 Å². The summed E-state index contributed by atoms with van der Waals surface area (Å²) < 4.78 is 2.18. The number of nitrogens with zero attached hydrogens (tertiary/aromatic N) is 2. The molecule has 3 rings (SSSR count). The molecule has 0 bridgehead atoms. The first-order valence-corrected chi connectivity index (χ1v) is 6.57. The Bertz CT molecular complexity index is 583. The maximum absolute atomic E-state index is 6.27. The third-order valence-electron chi connectivity index (χ3n) is 3.86. The van der Waals surface area contributed by atoms with E-state index in [4.69, 9.17) is 10.7 Å². The number of nitrogens with two attached hydrogens (primary N) is 1. The van der Waals surface area contributed by atoms with Gasteiger partial charge in [0.1, 0.15) is 17.3 Å². The maximum Gasteiger partial charge on any atom is 0.131 e. The topological polar surface area (TPSA) is 43.8 Å². The molecule has 0 fully saturated rings. The predicted octanol–water partition coefficient (Wildman–Crippen LogP) is 3.02. The summed E-state index contributed by atoms with van der Waals surface area (Å²) in [6.45, 7) is 5.39. The van der Waals surface area contributed by atoms with Crippen molar-refractivity contribution < 1.29 is 0 Å². The lowest BCUT2D eigenvalue weighted by Crippen LogP contribution is -2.18. The lowest BCUT2D eigenvalue weighted by molar-refractivity contribution is 0.412. The highest BCUT2D eigenvalue weighted by atomic mass is 15.1. The number of hydrogen-bond acceptors (Lipinski definition) is 2. The first-order chi connectivity index (χ1) is 8.66. The van der Waals surface area contributed by atoms with E-state index < -0.39 is 0 Å². The van der Waals surface area contributed by atoms with Crippen LogP contribution in [0.2, 0.25) is 0 Å². The van der Waals surface area contributed by atoms with Gasteiger partial charge in [0.05, 0.1) is 0 Å². The average molecular weight is 241 g/mol. The van der Waals surface area contributed by atoms with E-state index in [2.05, 4.69) is 30.5 Å². The van der Waals surface area contributed by atoms with Crippen molar-refractivity contribution in [2.45, 2.75) is 33.2 Å². The molecule has 1 aliphatic rings. The number of rotatable bonds is 1. The lowest BCUT2D eigenvalue weighted by atomic mass is 10.0. The van der Waals surface area contributed by atoms with Gasteiger partial charge in [0, 0.05) is 18.5 Å². The lowest BCUT2D eigenvalue weighted by Gasteiger charge is -2.20. The van der Waals surface area contributed by atoms with Crippen molar-refractivity contribution in [3.8, 4) is 11.3 Å². The van der Waals surface area contributed by atoms with E-state index in [1.54, 1.807) is 0 Å². The van der Waals surface area contributed by atoms with Crippen molar-refractivity contribution in [1.29, 1.82) is 0 Å². The second-order valence-electron chi connectivity index (χ2n) is 5.33. The van der Waals surface area contributed by atoms with Gasteiger partial charge in [-0.2, -0.15) is 0 Å². The molecule has 2 N–H and O–H groups in total. The van der Waals surface area contributed by atoms with Crippen LogP contribution in [-0.4, -0.2) is 9.55 Å². The average Bonchev–Trinajstić information content (AvgIpc) is 2.67. The highest BCUT2D eigenvalue weighted by Crippen LogP contribution is 2.32. The third kappa shape index (κ3) is 1.70. The summed E-state index contributed by atoms with van der Waals surface area (Å²) >= 11 is 0. The van der Waals surface area contributed by atoms with Crippen molar-refractivity contribution in [2.24, 2.45) is 5.92 Å². The minimum Gasteiger partial charge on any atom is -0.383 e. The van der Waals surface area contributed by atoms with Crippen LogP contribution in [0.4, 0.5) is 5.82 Å². The summed E-state index contributed by atoms with van der Waals surface area (Å²) in [5.74, 6) is 2.68. The number of anilines is 1. The summed E-state index contributed by atoms with van der Waals surface area (Å²) in [6, 6.07) is 8.30. The molecule has 3 nitrogen and oxygen atoms in total. The fourth-order valence-corrected chi connectivity index (χ4v) is 2.72. The molecule has 2 aromatic rings. The summed E-state index contributed by atoms with van der Waals surface area (Å²) in [5.41, 5.74) is 9.61. The monoisotopic (exact) mass is 241 g/mol. The second-order valence-corrected chi connectivity index (χ2v) is 5.33. The first kappa shape index (κ1) is 11.3. The number of imidazole rings is 1. The smallest absolute Gasteiger partial charge is 0.131 e. The van der Waals surface area contributed by atoms with Crippen molar-refractivity contribution >= 4 is 5.82 Å². The molecule has 0 spiro atoms. The molecule has 3 heteroatoms. The fourth-order valence-electron chi connectivity index (χ4n) is 2.72. The summed E-state index contributed by atoms with van der Waals surface area (Å²) in [6.07, 6.45) is 2.23. The van der Waals surface area contributed by atoms with Crippen LogP contribution in [0.25, 0.3) is 11.3 Å². The van der Waals surface area contributed by atoms with Crippen LogP contribution < -0.4 is 5.73 Å². The van der Waals surface area contributed by atoms with Gasteiger partial charge in [0.25, 0.3) is 0 Å². The van der Waals surface area contributed by atoms with Gasteiger partial charge in [-0.1, -0.05) is 31.2 Å². The molecular formula is C15H19N3. The molecular weight excluding hydrogens is 222 g/mol. The Labute approximate surface area is 108 Å². The zero-order valence-electron chi connectivity index (χ0n) is 11.0. The zero-order chi connectivity index (χ0) is 12.7. The maximum atomic E-state index is 6.27. The highest BCUT2D eigenvalue weighted by molar-refractivity contribution is 5.73. The predicted molar refractivity (Wildman–Crippen MR) is 74.3 cm³/mol. The fraction of sp³-hybridized carbons (Fsp3) is 0.400. The molecule has 1 aliphatic heterocycles. The Balaban J connectivity index is 2.12. The largest absolute Gasteiger partial charge is 0.383 e. The minimum atomic E-state index is 0.712. The van der Waals surface area contributed by atoms with E-state index in [0.29, 0.717) is 5.92 Å². The quantitative estimate of drug-likeness (QED) is 0.834. The highest BCUT2D eigenvalue weighted by Gasteiger charge is 2.22. The molecule has 1 unspecified atom stereocenters. The van der Waals surface area contributed by atoms with E-state index in [0.717, 1.165) is 35.9 Å². The SMILES string of the molecule is Cc1ccccc1-c1nc2n(c1N)CCC(C)C2. The molecule has 0 amide bonds. The van der Waals surface area contributed by atoms with Crippen LogP contribution in [0.15, 0.2) is 24.3 Å². The molecule has 1 atom stereocenters. The number of hydrogen-bond donors (Lipinski definition) is 1. The Hall–Kier alpha value is -1.77. The first-order valence-electron chi connectivity index (χ1n) is 6.57. The van der Waals surface area contributed by atoms with Crippen LogP contribution in [-0.2, 0) is 13.0 Å². The summed E-state index contributed by atoms with van der Waals surface area (Å²) in [7, 11) is 0.